The normalized spacial score (nSPS) is 14.6. The minimum atomic E-state index is -0.946. The van der Waals surface area contributed by atoms with Gasteiger partial charge < -0.3 is 15.7 Å². The van der Waals surface area contributed by atoms with E-state index in [-0.39, 0.29) is 24.3 Å². The molecule has 3 N–H and O–H groups in total. The number of halogens is 1. The molecule has 0 atom stereocenters. The van der Waals surface area contributed by atoms with E-state index in [1.54, 1.807) is 30.6 Å². The summed E-state index contributed by atoms with van der Waals surface area (Å²) in [5, 5.41) is 21.7. The number of fused-ring (bicyclic) bond motifs is 1. The highest BCUT2D eigenvalue weighted by atomic mass is 32.2. The third-order valence-corrected chi connectivity index (χ3v) is 6.65. The van der Waals surface area contributed by atoms with Crippen LogP contribution in [0.1, 0.15) is 49.5 Å². The molecular formula is C26H30FN5O2S. The molecule has 0 aliphatic heterocycles. The van der Waals surface area contributed by atoms with Crippen molar-refractivity contribution in [3.63, 3.8) is 0 Å². The number of thioether (sulfide) groups is 1. The lowest BCUT2D eigenvalue weighted by molar-refractivity contribution is 0.0940. The molecule has 9 heteroatoms. The number of carbonyl (C=O) groups is 1. The second kappa shape index (κ2) is 9.83. The Morgan fingerprint density at radius 2 is 2.11 bits per heavy atom. The van der Waals surface area contributed by atoms with Crippen molar-refractivity contribution in [2.75, 3.05) is 11.9 Å². The van der Waals surface area contributed by atoms with E-state index in [0.717, 1.165) is 41.4 Å². The van der Waals surface area contributed by atoms with E-state index < -0.39 is 5.60 Å². The van der Waals surface area contributed by atoms with Gasteiger partial charge in [-0.05, 0) is 64.3 Å². The third-order valence-electron chi connectivity index (χ3n) is 5.58. The number of aromatic nitrogens is 3. The Balaban J connectivity index is 1.76. The van der Waals surface area contributed by atoms with Crippen LogP contribution in [0.3, 0.4) is 0 Å². The van der Waals surface area contributed by atoms with E-state index in [0.29, 0.717) is 26.8 Å². The van der Waals surface area contributed by atoms with Gasteiger partial charge in [0.05, 0.1) is 23.2 Å². The summed E-state index contributed by atoms with van der Waals surface area (Å²) in [6.45, 7) is 10.7. The highest BCUT2D eigenvalue weighted by Crippen LogP contribution is 2.33. The number of aliphatic hydroxyl groups is 1. The maximum absolute atomic E-state index is 13.9. The number of hydrogen-bond acceptors (Lipinski definition) is 6. The maximum Gasteiger partial charge on any atom is 0.251 e. The number of benzene rings is 1. The summed E-state index contributed by atoms with van der Waals surface area (Å²) < 4.78 is 15.6. The molecule has 0 radical (unpaired) electrons. The Kier molecular flexibility index (Phi) is 7.00. The molecule has 1 saturated carbocycles. The topological polar surface area (TPSA) is 91.5 Å². The molecule has 1 aliphatic carbocycles. The van der Waals surface area contributed by atoms with Crippen LogP contribution < -0.4 is 10.6 Å². The number of nitrogens with zero attached hydrogens (tertiary/aromatic N) is 3. The van der Waals surface area contributed by atoms with Crippen molar-refractivity contribution in [3.05, 3.63) is 65.0 Å². The fourth-order valence-electron chi connectivity index (χ4n) is 3.57. The van der Waals surface area contributed by atoms with Gasteiger partial charge in [0.25, 0.3) is 5.91 Å². The van der Waals surface area contributed by atoms with Crippen molar-refractivity contribution in [3.8, 4) is 11.3 Å². The minimum Gasteiger partial charge on any atom is -0.389 e. The van der Waals surface area contributed by atoms with E-state index >= 15 is 0 Å². The number of allylic oxidation sites excluding steroid dienone is 2. The first-order chi connectivity index (χ1) is 16.6. The molecule has 3 aromatic rings. The quantitative estimate of drug-likeness (QED) is 0.277. The molecule has 2 aromatic heterocycles. The predicted molar refractivity (Wildman–Crippen MR) is 138 cm³/mol. The standard InChI is InChI=1S/C26H30FN5O2S/c1-6-22(16(3)27)35-23-12-20(29-14-26(4,5)34)24-28-13-21(32(24)31-23)17-7-10-19(15(2)11-17)25(33)30-18-8-9-18/h6-7,10-13,18,29,34H,1,8-9,14H2,2-5H3,(H,30,33). The average Bonchev–Trinajstić information content (AvgIpc) is 3.50. The van der Waals surface area contributed by atoms with E-state index in [2.05, 4.69) is 22.2 Å². The van der Waals surface area contributed by atoms with Crippen LogP contribution in [0.2, 0.25) is 0 Å². The molecule has 1 aromatic carbocycles. The van der Waals surface area contributed by atoms with Gasteiger partial charge in [-0.15, -0.1) is 0 Å². The van der Waals surface area contributed by atoms with Crippen LogP contribution in [0.4, 0.5) is 10.1 Å². The summed E-state index contributed by atoms with van der Waals surface area (Å²) in [6, 6.07) is 7.71. The second-order valence-corrected chi connectivity index (χ2v) is 10.5. The smallest absolute Gasteiger partial charge is 0.251 e. The summed E-state index contributed by atoms with van der Waals surface area (Å²) in [5.74, 6) is -0.408. The Labute approximate surface area is 208 Å². The molecule has 0 saturated heterocycles. The van der Waals surface area contributed by atoms with Crippen molar-refractivity contribution in [2.45, 2.75) is 57.2 Å². The number of hydrogen-bond donors (Lipinski definition) is 3. The SMILES string of the molecule is C=CC(Sc1cc(NCC(C)(C)O)c2ncc(-c3ccc(C(=O)NC4CC4)c(C)c3)n2n1)=C(C)F. The number of carbonyl (C=O) groups excluding carboxylic acids is 1. The van der Waals surface area contributed by atoms with Gasteiger partial charge in [0.15, 0.2) is 5.65 Å². The molecule has 1 aliphatic rings. The minimum absolute atomic E-state index is 0.0602. The maximum atomic E-state index is 13.9. The Hall–Kier alpha value is -3.17. The Morgan fingerprint density at radius 1 is 1.37 bits per heavy atom. The van der Waals surface area contributed by atoms with Crippen LogP contribution in [0.25, 0.3) is 16.9 Å². The number of rotatable bonds is 9. The van der Waals surface area contributed by atoms with Gasteiger partial charge in [-0.25, -0.2) is 13.9 Å². The van der Waals surface area contributed by atoms with Gasteiger partial charge in [0.2, 0.25) is 0 Å². The van der Waals surface area contributed by atoms with Crippen LogP contribution in [0.15, 0.2) is 58.9 Å². The Morgan fingerprint density at radius 3 is 2.71 bits per heavy atom. The van der Waals surface area contributed by atoms with E-state index in [9.17, 15) is 14.3 Å². The molecule has 1 fully saturated rings. The van der Waals surface area contributed by atoms with Gasteiger partial charge in [-0.1, -0.05) is 30.5 Å². The fraction of sp³-hybridized carbons (Fsp3) is 0.346. The van der Waals surface area contributed by atoms with Crippen molar-refractivity contribution >= 4 is 29.0 Å². The van der Waals surface area contributed by atoms with Crippen molar-refractivity contribution in [2.24, 2.45) is 0 Å². The zero-order valence-corrected chi connectivity index (χ0v) is 21.2. The van der Waals surface area contributed by atoms with Crippen LogP contribution in [0.5, 0.6) is 0 Å². The lowest BCUT2D eigenvalue weighted by Crippen LogP contribution is -2.29. The molecule has 1 amide bonds. The predicted octanol–water partition coefficient (Wildman–Crippen LogP) is 5.26. The molecular weight excluding hydrogens is 465 g/mol. The van der Waals surface area contributed by atoms with Crippen molar-refractivity contribution in [1.29, 1.82) is 0 Å². The van der Waals surface area contributed by atoms with Crippen LogP contribution in [-0.2, 0) is 0 Å². The summed E-state index contributed by atoms with van der Waals surface area (Å²) in [4.78, 5) is 17.5. The molecule has 184 valence electrons. The van der Waals surface area contributed by atoms with Crippen LogP contribution in [-0.4, -0.2) is 43.8 Å². The van der Waals surface area contributed by atoms with Gasteiger partial charge in [0.1, 0.15) is 10.9 Å². The van der Waals surface area contributed by atoms with Gasteiger partial charge >= 0.3 is 0 Å². The van der Waals surface area contributed by atoms with Gasteiger partial charge in [0, 0.05) is 28.6 Å². The van der Waals surface area contributed by atoms with Crippen molar-refractivity contribution < 1.29 is 14.3 Å². The number of imidazole rings is 1. The number of nitrogens with one attached hydrogen (secondary N) is 2. The molecule has 2 heterocycles. The largest absolute Gasteiger partial charge is 0.389 e. The monoisotopic (exact) mass is 495 g/mol. The summed E-state index contributed by atoms with van der Waals surface area (Å²) >= 11 is 1.16. The fourth-order valence-corrected chi connectivity index (χ4v) is 4.32. The van der Waals surface area contributed by atoms with Crippen molar-refractivity contribution in [1.82, 2.24) is 19.9 Å². The zero-order valence-electron chi connectivity index (χ0n) is 20.4. The highest BCUT2D eigenvalue weighted by Gasteiger charge is 2.25. The average molecular weight is 496 g/mol. The molecule has 0 bridgehead atoms. The lowest BCUT2D eigenvalue weighted by Gasteiger charge is -2.19. The Bertz CT molecular complexity index is 1320. The van der Waals surface area contributed by atoms with Gasteiger partial charge in [-0.2, -0.15) is 5.10 Å². The van der Waals surface area contributed by atoms with E-state index in [4.69, 9.17) is 5.10 Å². The molecule has 0 unspecified atom stereocenters. The first-order valence-electron chi connectivity index (χ1n) is 11.5. The van der Waals surface area contributed by atoms with Crippen LogP contribution >= 0.6 is 11.8 Å². The van der Waals surface area contributed by atoms with E-state index in [1.165, 1.54) is 13.0 Å². The number of anilines is 1. The lowest BCUT2D eigenvalue weighted by atomic mass is 10.0. The first kappa shape index (κ1) is 24.9. The third kappa shape index (κ3) is 5.91. The first-order valence-corrected chi connectivity index (χ1v) is 12.3. The summed E-state index contributed by atoms with van der Waals surface area (Å²) in [7, 11) is 0. The molecule has 35 heavy (non-hydrogen) atoms. The summed E-state index contributed by atoms with van der Waals surface area (Å²) in [5.41, 5.74) is 3.36. The van der Waals surface area contributed by atoms with Crippen LogP contribution in [0, 0.1) is 6.92 Å². The summed E-state index contributed by atoms with van der Waals surface area (Å²) in [6.07, 6.45) is 5.24. The number of aryl methyl sites for hydroxylation is 1. The molecule has 4 rings (SSSR count). The number of amides is 1. The van der Waals surface area contributed by atoms with Gasteiger partial charge in [-0.3, -0.25) is 4.79 Å². The second-order valence-electron chi connectivity index (χ2n) is 9.42. The molecule has 7 nitrogen and oxygen atoms in total. The molecule has 0 spiro atoms. The van der Waals surface area contributed by atoms with E-state index in [1.807, 2.05) is 25.1 Å². The zero-order chi connectivity index (χ0) is 25.3. The highest BCUT2D eigenvalue weighted by molar-refractivity contribution is 8.03.